The fraction of sp³-hybridized carbons (Fsp3) is 0.409. The summed E-state index contributed by atoms with van der Waals surface area (Å²) in [7, 11) is 0. The topological polar surface area (TPSA) is 38.8 Å². The highest BCUT2D eigenvalue weighted by Gasteiger charge is 2.31. The maximum Gasteiger partial charge on any atom is 0.254 e. The summed E-state index contributed by atoms with van der Waals surface area (Å²) in [4.78, 5) is 15.1. The summed E-state index contributed by atoms with van der Waals surface area (Å²) < 4.78 is 11.6. The zero-order valence-corrected chi connectivity index (χ0v) is 16.5. The molecule has 0 saturated carbocycles. The van der Waals surface area contributed by atoms with Gasteiger partial charge in [-0.25, -0.2) is 0 Å². The lowest BCUT2D eigenvalue weighted by atomic mass is 10.0. The van der Waals surface area contributed by atoms with Crippen LogP contribution in [0.5, 0.6) is 11.5 Å². The first-order chi connectivity index (χ1) is 13.3. The average Bonchev–Trinajstić information content (AvgIpc) is 3.07. The third kappa shape index (κ3) is 3.93. The molecule has 1 saturated heterocycles. The van der Waals surface area contributed by atoms with E-state index in [0.29, 0.717) is 13.2 Å². The summed E-state index contributed by atoms with van der Waals surface area (Å²) in [5, 5.41) is 0. The highest BCUT2D eigenvalue weighted by Crippen LogP contribution is 2.38. The van der Waals surface area contributed by atoms with E-state index in [0.717, 1.165) is 54.2 Å². The van der Waals surface area contributed by atoms with Gasteiger partial charge in [-0.2, -0.15) is 11.8 Å². The van der Waals surface area contributed by atoms with Crippen molar-refractivity contribution in [1.82, 2.24) is 4.90 Å². The van der Waals surface area contributed by atoms with Gasteiger partial charge in [0.2, 0.25) is 0 Å². The Morgan fingerprint density at radius 2 is 1.85 bits per heavy atom. The number of thioether (sulfide) groups is 1. The monoisotopic (exact) mass is 383 g/mol. The summed E-state index contributed by atoms with van der Waals surface area (Å²) in [6.07, 6.45) is 4.99. The molecular formula is C22H25NO3S. The molecule has 4 nitrogen and oxygen atoms in total. The third-order valence-electron chi connectivity index (χ3n) is 5.18. The Balaban J connectivity index is 1.55. The van der Waals surface area contributed by atoms with E-state index >= 15 is 0 Å². The second kappa shape index (κ2) is 8.26. The first-order valence-electron chi connectivity index (χ1n) is 9.54. The highest BCUT2D eigenvalue weighted by molar-refractivity contribution is 7.97. The van der Waals surface area contributed by atoms with E-state index in [2.05, 4.69) is 30.5 Å². The van der Waals surface area contributed by atoms with Crippen LogP contribution < -0.4 is 9.47 Å². The first-order valence-corrected chi connectivity index (χ1v) is 10.9. The van der Waals surface area contributed by atoms with E-state index in [1.807, 2.05) is 23.1 Å². The van der Waals surface area contributed by atoms with Crippen molar-refractivity contribution in [2.45, 2.75) is 31.1 Å². The number of carbonyl (C=O) groups excluding carboxylic acids is 1. The molecule has 142 valence electrons. The number of amides is 1. The first kappa shape index (κ1) is 18.2. The van der Waals surface area contributed by atoms with Crippen molar-refractivity contribution in [3.8, 4) is 11.5 Å². The molecule has 0 aromatic heterocycles. The maximum atomic E-state index is 13.1. The summed E-state index contributed by atoms with van der Waals surface area (Å²) in [5.41, 5.74) is 3.14. The lowest BCUT2D eigenvalue weighted by molar-refractivity contribution is 0.0735. The number of fused-ring (bicyclic) bond motifs is 1. The van der Waals surface area contributed by atoms with Gasteiger partial charge in [0.1, 0.15) is 0 Å². The Labute approximate surface area is 164 Å². The highest BCUT2D eigenvalue weighted by atomic mass is 32.2. The van der Waals surface area contributed by atoms with Crippen LogP contribution in [0, 0.1) is 0 Å². The van der Waals surface area contributed by atoms with Crippen LogP contribution in [-0.2, 0) is 5.75 Å². The van der Waals surface area contributed by atoms with Crippen LogP contribution >= 0.6 is 11.8 Å². The van der Waals surface area contributed by atoms with Crippen LogP contribution in [-0.4, -0.2) is 36.8 Å². The number of rotatable bonds is 4. The summed E-state index contributed by atoms with van der Waals surface area (Å²) in [6, 6.07) is 14.2. The van der Waals surface area contributed by atoms with Gasteiger partial charge in [0.15, 0.2) is 11.5 Å². The standard InChI is InChI=1S/C22H25NO3S/c1-27-15-16-5-7-17(8-6-16)22(24)23-11-2-4-19(23)18-9-10-20-21(14-18)26-13-3-12-25-20/h5-10,14,19H,2-4,11-13,15H2,1H3/t19-/m1/s1. The molecule has 1 atom stereocenters. The number of benzene rings is 2. The minimum atomic E-state index is 0.0977. The van der Waals surface area contributed by atoms with Gasteiger partial charge in [-0.15, -0.1) is 0 Å². The van der Waals surface area contributed by atoms with Crippen LogP contribution in [0.1, 0.15) is 46.8 Å². The third-order valence-corrected chi connectivity index (χ3v) is 5.80. The van der Waals surface area contributed by atoms with Crippen molar-refractivity contribution < 1.29 is 14.3 Å². The molecule has 2 aliphatic heterocycles. The molecule has 0 unspecified atom stereocenters. The van der Waals surface area contributed by atoms with Crippen molar-refractivity contribution in [3.63, 3.8) is 0 Å². The average molecular weight is 384 g/mol. The van der Waals surface area contributed by atoms with Crippen molar-refractivity contribution in [3.05, 3.63) is 59.2 Å². The molecule has 0 aliphatic carbocycles. The summed E-state index contributed by atoms with van der Waals surface area (Å²) in [6.45, 7) is 2.16. The van der Waals surface area contributed by atoms with E-state index in [-0.39, 0.29) is 11.9 Å². The fourth-order valence-corrected chi connectivity index (χ4v) is 4.35. The molecule has 0 N–H and O–H groups in total. The molecule has 1 amide bonds. The molecule has 4 rings (SSSR count). The van der Waals surface area contributed by atoms with Crippen molar-refractivity contribution in [2.24, 2.45) is 0 Å². The normalized spacial score (nSPS) is 19.0. The smallest absolute Gasteiger partial charge is 0.254 e. The molecule has 5 heteroatoms. The van der Waals surface area contributed by atoms with Gasteiger partial charge in [-0.05, 0) is 54.5 Å². The molecular weight excluding hydrogens is 358 g/mol. The number of ether oxygens (including phenoxy) is 2. The van der Waals surface area contributed by atoms with Crippen LogP contribution in [0.15, 0.2) is 42.5 Å². The molecule has 0 spiro atoms. The van der Waals surface area contributed by atoms with E-state index in [1.54, 1.807) is 11.8 Å². The molecule has 2 aromatic rings. The number of likely N-dealkylation sites (tertiary alicyclic amines) is 1. The summed E-state index contributed by atoms with van der Waals surface area (Å²) in [5.74, 6) is 2.68. The number of nitrogens with zero attached hydrogens (tertiary/aromatic N) is 1. The molecule has 2 heterocycles. The fourth-order valence-electron chi connectivity index (χ4n) is 3.82. The lowest BCUT2D eigenvalue weighted by Gasteiger charge is -2.26. The largest absolute Gasteiger partial charge is 0.490 e. The molecule has 2 aliphatic rings. The Morgan fingerprint density at radius 1 is 1.07 bits per heavy atom. The molecule has 27 heavy (non-hydrogen) atoms. The van der Waals surface area contributed by atoms with Crippen LogP contribution in [0.25, 0.3) is 0 Å². The van der Waals surface area contributed by atoms with E-state index in [4.69, 9.17) is 9.47 Å². The lowest BCUT2D eigenvalue weighted by Crippen LogP contribution is -2.30. The van der Waals surface area contributed by atoms with Crippen LogP contribution in [0.3, 0.4) is 0 Å². The minimum absolute atomic E-state index is 0.0977. The Bertz CT molecular complexity index is 806. The van der Waals surface area contributed by atoms with Gasteiger partial charge in [-0.1, -0.05) is 18.2 Å². The molecule has 1 fully saturated rings. The SMILES string of the molecule is CSCc1ccc(C(=O)N2CCC[C@@H]2c2ccc3c(c2)OCCCO3)cc1. The predicted molar refractivity (Wildman–Crippen MR) is 109 cm³/mol. The molecule has 2 aromatic carbocycles. The van der Waals surface area contributed by atoms with Crippen LogP contribution in [0.2, 0.25) is 0 Å². The second-order valence-electron chi connectivity index (χ2n) is 7.04. The maximum absolute atomic E-state index is 13.1. The van der Waals surface area contributed by atoms with Gasteiger partial charge in [0.25, 0.3) is 5.91 Å². The van der Waals surface area contributed by atoms with Gasteiger partial charge < -0.3 is 14.4 Å². The van der Waals surface area contributed by atoms with E-state index < -0.39 is 0 Å². The number of hydrogen-bond donors (Lipinski definition) is 0. The Morgan fingerprint density at radius 3 is 2.63 bits per heavy atom. The van der Waals surface area contributed by atoms with Crippen LogP contribution in [0.4, 0.5) is 0 Å². The zero-order chi connectivity index (χ0) is 18.6. The van der Waals surface area contributed by atoms with Crippen molar-refractivity contribution >= 4 is 17.7 Å². The van der Waals surface area contributed by atoms with Gasteiger partial charge in [-0.3, -0.25) is 4.79 Å². The van der Waals surface area contributed by atoms with Crippen molar-refractivity contribution in [2.75, 3.05) is 26.0 Å². The quantitative estimate of drug-likeness (QED) is 0.768. The predicted octanol–water partition coefficient (Wildman–Crippen LogP) is 4.69. The Kier molecular flexibility index (Phi) is 5.58. The van der Waals surface area contributed by atoms with Gasteiger partial charge in [0, 0.05) is 24.3 Å². The van der Waals surface area contributed by atoms with Crippen molar-refractivity contribution in [1.29, 1.82) is 0 Å². The second-order valence-corrected chi connectivity index (χ2v) is 7.91. The van der Waals surface area contributed by atoms with E-state index in [9.17, 15) is 4.79 Å². The number of hydrogen-bond acceptors (Lipinski definition) is 4. The minimum Gasteiger partial charge on any atom is -0.490 e. The van der Waals surface area contributed by atoms with E-state index in [1.165, 1.54) is 5.56 Å². The van der Waals surface area contributed by atoms with Gasteiger partial charge >= 0.3 is 0 Å². The molecule has 0 radical (unpaired) electrons. The summed E-state index contributed by atoms with van der Waals surface area (Å²) >= 11 is 1.79. The Hall–Kier alpha value is -2.14. The number of carbonyl (C=O) groups is 1. The van der Waals surface area contributed by atoms with Gasteiger partial charge in [0.05, 0.1) is 19.3 Å². The zero-order valence-electron chi connectivity index (χ0n) is 15.6. The molecule has 0 bridgehead atoms.